The molecule has 1 atom stereocenters. The van der Waals surface area contributed by atoms with Crippen LogP contribution in [0.3, 0.4) is 0 Å². The minimum Gasteiger partial charge on any atom is -0.482 e. The molecule has 22 heavy (non-hydrogen) atoms. The quantitative estimate of drug-likeness (QED) is 0.945. The zero-order chi connectivity index (χ0) is 15.7. The van der Waals surface area contributed by atoms with E-state index in [2.05, 4.69) is 0 Å². The first-order valence-electron chi connectivity index (χ1n) is 7.12. The van der Waals surface area contributed by atoms with Gasteiger partial charge in [-0.15, -0.1) is 0 Å². The molecule has 0 fully saturated rings. The Morgan fingerprint density at radius 3 is 2.68 bits per heavy atom. The Bertz CT molecular complexity index is 698. The second-order valence-electron chi connectivity index (χ2n) is 5.41. The highest BCUT2D eigenvalue weighted by molar-refractivity contribution is 6.30. The lowest BCUT2D eigenvalue weighted by atomic mass is 10.1. The SMILES string of the molecule is CC(N)c1ccc2c(c1)N(Cc1ccc(Cl)cc1)C(=O)CO2. The summed E-state index contributed by atoms with van der Waals surface area (Å²) in [6, 6.07) is 13.1. The first-order valence-corrected chi connectivity index (χ1v) is 7.49. The summed E-state index contributed by atoms with van der Waals surface area (Å²) in [6.45, 7) is 2.45. The van der Waals surface area contributed by atoms with Crippen molar-refractivity contribution in [1.29, 1.82) is 0 Å². The molecule has 0 bridgehead atoms. The van der Waals surface area contributed by atoms with Gasteiger partial charge in [-0.1, -0.05) is 29.8 Å². The third kappa shape index (κ3) is 2.93. The average Bonchev–Trinajstić information content (AvgIpc) is 2.51. The van der Waals surface area contributed by atoms with Crippen LogP contribution in [-0.4, -0.2) is 12.5 Å². The first-order chi connectivity index (χ1) is 10.5. The second kappa shape index (κ2) is 5.99. The van der Waals surface area contributed by atoms with Crippen molar-refractivity contribution in [3.8, 4) is 5.75 Å². The van der Waals surface area contributed by atoms with E-state index in [1.807, 2.05) is 49.4 Å². The number of rotatable bonds is 3. The molecule has 5 heteroatoms. The molecular formula is C17H17ClN2O2. The van der Waals surface area contributed by atoms with Gasteiger partial charge in [0, 0.05) is 11.1 Å². The van der Waals surface area contributed by atoms with Crippen molar-refractivity contribution in [1.82, 2.24) is 0 Å². The predicted molar refractivity (Wildman–Crippen MR) is 87.2 cm³/mol. The van der Waals surface area contributed by atoms with Gasteiger partial charge in [0.2, 0.25) is 0 Å². The molecule has 0 spiro atoms. The maximum absolute atomic E-state index is 12.3. The summed E-state index contributed by atoms with van der Waals surface area (Å²) in [5.41, 5.74) is 8.68. The van der Waals surface area contributed by atoms with Crippen LogP contribution in [0.1, 0.15) is 24.1 Å². The van der Waals surface area contributed by atoms with Crippen LogP contribution in [0.2, 0.25) is 5.02 Å². The Balaban J connectivity index is 1.95. The van der Waals surface area contributed by atoms with E-state index < -0.39 is 0 Å². The van der Waals surface area contributed by atoms with Crippen LogP contribution in [0.25, 0.3) is 0 Å². The van der Waals surface area contributed by atoms with Crippen LogP contribution in [0.4, 0.5) is 5.69 Å². The topological polar surface area (TPSA) is 55.6 Å². The van der Waals surface area contributed by atoms with Gasteiger partial charge in [0.05, 0.1) is 12.2 Å². The molecule has 1 amide bonds. The molecule has 2 aromatic carbocycles. The van der Waals surface area contributed by atoms with Crippen LogP contribution >= 0.6 is 11.6 Å². The van der Waals surface area contributed by atoms with Crippen LogP contribution < -0.4 is 15.4 Å². The zero-order valence-corrected chi connectivity index (χ0v) is 13.0. The van der Waals surface area contributed by atoms with Gasteiger partial charge in [0.15, 0.2) is 6.61 Å². The minimum absolute atomic E-state index is 0.0537. The Morgan fingerprint density at radius 1 is 1.27 bits per heavy atom. The number of hydrogen-bond acceptors (Lipinski definition) is 3. The lowest BCUT2D eigenvalue weighted by Gasteiger charge is -2.30. The number of ether oxygens (including phenoxy) is 1. The van der Waals surface area contributed by atoms with Crippen molar-refractivity contribution in [2.75, 3.05) is 11.5 Å². The molecule has 114 valence electrons. The smallest absolute Gasteiger partial charge is 0.265 e. The van der Waals surface area contributed by atoms with Gasteiger partial charge in [0.1, 0.15) is 5.75 Å². The van der Waals surface area contributed by atoms with Gasteiger partial charge < -0.3 is 15.4 Å². The summed E-state index contributed by atoms with van der Waals surface area (Å²) < 4.78 is 5.50. The number of carbonyl (C=O) groups is 1. The summed E-state index contributed by atoms with van der Waals surface area (Å²) in [5.74, 6) is 0.641. The van der Waals surface area contributed by atoms with Crippen molar-refractivity contribution in [2.24, 2.45) is 5.73 Å². The van der Waals surface area contributed by atoms with Crippen molar-refractivity contribution in [3.05, 3.63) is 58.6 Å². The molecule has 0 saturated heterocycles. The minimum atomic E-state index is -0.0975. The third-order valence-corrected chi connectivity index (χ3v) is 3.96. The number of nitrogens with zero attached hydrogens (tertiary/aromatic N) is 1. The highest BCUT2D eigenvalue weighted by Crippen LogP contribution is 2.35. The first kappa shape index (κ1) is 14.9. The molecule has 1 heterocycles. The number of halogens is 1. The maximum atomic E-state index is 12.3. The molecule has 1 unspecified atom stereocenters. The molecule has 2 N–H and O–H groups in total. The summed E-state index contributed by atoms with van der Waals surface area (Å²) >= 11 is 5.91. The van der Waals surface area contributed by atoms with E-state index in [4.69, 9.17) is 22.1 Å². The number of amides is 1. The Kier molecular flexibility index (Phi) is 4.05. The molecule has 3 rings (SSSR count). The molecular weight excluding hydrogens is 300 g/mol. The molecule has 0 saturated carbocycles. The Labute approximate surface area is 134 Å². The van der Waals surface area contributed by atoms with Crippen molar-refractivity contribution < 1.29 is 9.53 Å². The molecule has 0 radical (unpaired) electrons. The number of nitrogens with two attached hydrogens (primary N) is 1. The number of hydrogen-bond donors (Lipinski definition) is 1. The van der Waals surface area contributed by atoms with Gasteiger partial charge in [-0.2, -0.15) is 0 Å². The second-order valence-corrected chi connectivity index (χ2v) is 5.85. The lowest BCUT2D eigenvalue weighted by molar-refractivity contribution is -0.121. The van der Waals surface area contributed by atoms with Crippen LogP contribution in [0.15, 0.2) is 42.5 Å². The van der Waals surface area contributed by atoms with E-state index in [0.29, 0.717) is 17.3 Å². The van der Waals surface area contributed by atoms with Gasteiger partial charge in [-0.25, -0.2) is 0 Å². The average molecular weight is 317 g/mol. The van der Waals surface area contributed by atoms with Crippen LogP contribution in [0.5, 0.6) is 5.75 Å². The van der Waals surface area contributed by atoms with E-state index >= 15 is 0 Å². The normalized spacial score (nSPS) is 15.2. The van der Waals surface area contributed by atoms with Crippen LogP contribution in [0, 0.1) is 0 Å². The highest BCUT2D eigenvalue weighted by Gasteiger charge is 2.26. The van der Waals surface area contributed by atoms with E-state index in [1.54, 1.807) is 4.90 Å². The van der Waals surface area contributed by atoms with Crippen molar-refractivity contribution in [3.63, 3.8) is 0 Å². The largest absolute Gasteiger partial charge is 0.482 e. The number of benzene rings is 2. The van der Waals surface area contributed by atoms with Crippen LogP contribution in [-0.2, 0) is 11.3 Å². The Morgan fingerprint density at radius 2 is 2.00 bits per heavy atom. The highest BCUT2D eigenvalue weighted by atomic mass is 35.5. The number of fused-ring (bicyclic) bond motifs is 1. The predicted octanol–water partition coefficient (Wildman–Crippen LogP) is 3.29. The monoisotopic (exact) mass is 316 g/mol. The molecule has 0 aromatic heterocycles. The fraction of sp³-hybridized carbons (Fsp3) is 0.235. The van der Waals surface area contributed by atoms with Gasteiger partial charge in [0.25, 0.3) is 5.91 Å². The van der Waals surface area contributed by atoms with Gasteiger partial charge in [-0.05, 0) is 42.3 Å². The zero-order valence-electron chi connectivity index (χ0n) is 12.3. The lowest BCUT2D eigenvalue weighted by Crippen LogP contribution is -2.38. The number of carbonyl (C=O) groups excluding carboxylic acids is 1. The van der Waals surface area contributed by atoms with E-state index in [-0.39, 0.29) is 18.6 Å². The maximum Gasteiger partial charge on any atom is 0.265 e. The van der Waals surface area contributed by atoms with Gasteiger partial charge >= 0.3 is 0 Å². The molecule has 4 nitrogen and oxygen atoms in total. The van der Waals surface area contributed by atoms with E-state index in [1.165, 1.54) is 0 Å². The van der Waals surface area contributed by atoms with Gasteiger partial charge in [-0.3, -0.25) is 4.79 Å². The fourth-order valence-corrected chi connectivity index (χ4v) is 2.57. The van der Waals surface area contributed by atoms with E-state index in [0.717, 1.165) is 16.8 Å². The summed E-state index contributed by atoms with van der Waals surface area (Å²) in [5, 5.41) is 0.677. The summed E-state index contributed by atoms with van der Waals surface area (Å²) in [6.07, 6.45) is 0. The Hall–Kier alpha value is -2.04. The fourth-order valence-electron chi connectivity index (χ4n) is 2.45. The number of anilines is 1. The standard InChI is InChI=1S/C17H17ClN2O2/c1-11(19)13-4-7-16-15(8-13)20(17(21)10-22-16)9-12-2-5-14(18)6-3-12/h2-8,11H,9-10,19H2,1H3. The summed E-state index contributed by atoms with van der Waals surface area (Å²) in [4.78, 5) is 14.0. The van der Waals surface area contributed by atoms with Crippen molar-refractivity contribution >= 4 is 23.2 Å². The third-order valence-electron chi connectivity index (χ3n) is 3.71. The van der Waals surface area contributed by atoms with E-state index in [9.17, 15) is 4.79 Å². The molecule has 2 aromatic rings. The molecule has 1 aliphatic rings. The molecule has 1 aliphatic heterocycles. The van der Waals surface area contributed by atoms with Crippen molar-refractivity contribution in [2.45, 2.75) is 19.5 Å². The summed E-state index contributed by atoms with van der Waals surface area (Å²) in [7, 11) is 0. The molecule has 0 aliphatic carbocycles.